The second kappa shape index (κ2) is 7.40. The molecule has 0 saturated heterocycles. The van der Waals surface area contributed by atoms with Crippen LogP contribution in [-0.4, -0.2) is 23.0 Å². The van der Waals surface area contributed by atoms with Gasteiger partial charge in [0.1, 0.15) is 23.9 Å². The fraction of sp³-hybridized carbons (Fsp3) is 0.0952. The smallest absolute Gasteiger partial charge is 0.373 e. The maximum Gasteiger partial charge on any atom is 0.373 e. The van der Waals surface area contributed by atoms with Crippen LogP contribution < -0.4 is 10.3 Å². The van der Waals surface area contributed by atoms with Gasteiger partial charge in [-0.3, -0.25) is 4.79 Å². The first-order chi connectivity index (χ1) is 13.6. The summed E-state index contributed by atoms with van der Waals surface area (Å²) in [7, 11) is 1.29. The average molecular weight is 376 g/mol. The second-order valence-electron chi connectivity index (χ2n) is 6.00. The van der Waals surface area contributed by atoms with Crippen LogP contribution in [-0.2, 0) is 11.3 Å². The number of aromatic amines is 1. The highest BCUT2D eigenvalue weighted by molar-refractivity contribution is 5.86. The number of aromatic nitrogens is 2. The van der Waals surface area contributed by atoms with Gasteiger partial charge in [0.15, 0.2) is 0 Å². The molecule has 0 unspecified atom stereocenters. The van der Waals surface area contributed by atoms with E-state index in [0.717, 1.165) is 5.56 Å². The van der Waals surface area contributed by atoms with Gasteiger partial charge in [-0.15, -0.1) is 0 Å². The van der Waals surface area contributed by atoms with E-state index in [1.807, 2.05) is 18.2 Å². The monoisotopic (exact) mass is 376 g/mol. The summed E-state index contributed by atoms with van der Waals surface area (Å²) in [5.41, 5.74) is 1.22. The molecular formula is C21H16N2O5. The van der Waals surface area contributed by atoms with E-state index in [-0.39, 0.29) is 17.9 Å². The Morgan fingerprint density at radius 3 is 2.64 bits per heavy atom. The molecule has 0 saturated carbocycles. The summed E-state index contributed by atoms with van der Waals surface area (Å²) in [6.07, 6.45) is 0. The minimum absolute atomic E-state index is 0.128. The van der Waals surface area contributed by atoms with Crippen molar-refractivity contribution in [2.75, 3.05) is 7.11 Å². The van der Waals surface area contributed by atoms with Gasteiger partial charge >= 0.3 is 5.97 Å². The number of para-hydroxylation sites is 1. The molecule has 1 N–H and O–H groups in total. The molecule has 0 atom stereocenters. The molecule has 0 aliphatic rings. The number of methoxy groups -OCH3 is 1. The van der Waals surface area contributed by atoms with Crippen molar-refractivity contribution >= 4 is 16.9 Å². The first-order valence-electron chi connectivity index (χ1n) is 8.53. The maximum absolute atomic E-state index is 12.2. The molecule has 140 valence electrons. The van der Waals surface area contributed by atoms with Crippen molar-refractivity contribution in [3.63, 3.8) is 0 Å². The van der Waals surface area contributed by atoms with E-state index in [0.29, 0.717) is 28.2 Å². The normalized spacial score (nSPS) is 10.8. The third-order valence-corrected chi connectivity index (χ3v) is 4.17. The molecule has 0 aliphatic carbocycles. The number of hydrogen-bond acceptors (Lipinski definition) is 6. The van der Waals surface area contributed by atoms with Crippen molar-refractivity contribution in [1.82, 2.24) is 9.97 Å². The lowest BCUT2D eigenvalue weighted by molar-refractivity contribution is 0.0561. The van der Waals surface area contributed by atoms with E-state index in [4.69, 9.17) is 9.15 Å². The number of esters is 1. The van der Waals surface area contributed by atoms with Gasteiger partial charge in [0, 0.05) is 5.56 Å². The first kappa shape index (κ1) is 17.5. The summed E-state index contributed by atoms with van der Waals surface area (Å²) in [5, 5.41) is 0.552. The van der Waals surface area contributed by atoms with Gasteiger partial charge in [-0.05, 0) is 48.5 Å². The number of fused-ring (bicyclic) bond motifs is 1. The van der Waals surface area contributed by atoms with Crippen LogP contribution in [0.3, 0.4) is 0 Å². The van der Waals surface area contributed by atoms with Gasteiger partial charge in [-0.1, -0.05) is 12.1 Å². The zero-order valence-electron chi connectivity index (χ0n) is 15.0. The summed E-state index contributed by atoms with van der Waals surface area (Å²) in [5.74, 6) is 1.20. The van der Waals surface area contributed by atoms with Crippen LogP contribution in [0.5, 0.6) is 5.75 Å². The predicted octanol–water partition coefficient (Wildman–Crippen LogP) is 3.55. The van der Waals surface area contributed by atoms with Crippen LogP contribution in [0.1, 0.15) is 16.3 Å². The maximum atomic E-state index is 12.2. The Labute approximate surface area is 159 Å². The zero-order chi connectivity index (χ0) is 19.5. The molecule has 0 spiro atoms. The van der Waals surface area contributed by atoms with Gasteiger partial charge < -0.3 is 18.9 Å². The number of benzene rings is 2. The van der Waals surface area contributed by atoms with E-state index >= 15 is 0 Å². The summed E-state index contributed by atoms with van der Waals surface area (Å²) in [6.45, 7) is 0.168. The minimum atomic E-state index is -0.535. The molecule has 2 aromatic heterocycles. The fourth-order valence-corrected chi connectivity index (χ4v) is 2.75. The lowest BCUT2D eigenvalue weighted by Gasteiger charge is -2.06. The standard InChI is InChI=1S/C21H16N2O5/c1-26-21(25)18-11-10-15(28-18)12-27-14-8-6-13(7-9-14)19-22-17-5-3-2-4-16(17)20(24)23-19/h2-11H,12H2,1H3,(H,22,23,24). The molecular weight excluding hydrogens is 360 g/mol. The van der Waals surface area contributed by atoms with Crippen molar-refractivity contribution in [2.24, 2.45) is 0 Å². The van der Waals surface area contributed by atoms with Gasteiger partial charge in [-0.25, -0.2) is 9.78 Å². The lowest BCUT2D eigenvalue weighted by atomic mass is 10.2. The summed E-state index contributed by atoms with van der Waals surface area (Å²) < 4.78 is 15.6. The van der Waals surface area contributed by atoms with E-state index in [1.54, 1.807) is 36.4 Å². The molecule has 28 heavy (non-hydrogen) atoms. The molecule has 0 radical (unpaired) electrons. The molecule has 0 bridgehead atoms. The van der Waals surface area contributed by atoms with Crippen LogP contribution in [0, 0.1) is 0 Å². The van der Waals surface area contributed by atoms with Crippen molar-refractivity contribution < 1.29 is 18.7 Å². The van der Waals surface area contributed by atoms with Crippen LogP contribution >= 0.6 is 0 Å². The molecule has 0 amide bonds. The molecule has 0 aliphatic heterocycles. The quantitative estimate of drug-likeness (QED) is 0.535. The van der Waals surface area contributed by atoms with E-state index in [1.165, 1.54) is 13.2 Å². The lowest BCUT2D eigenvalue weighted by Crippen LogP contribution is -2.09. The largest absolute Gasteiger partial charge is 0.486 e. The van der Waals surface area contributed by atoms with Gasteiger partial charge in [0.05, 0.1) is 18.0 Å². The zero-order valence-corrected chi connectivity index (χ0v) is 15.0. The number of H-pyrrole nitrogens is 1. The Balaban J connectivity index is 1.49. The van der Waals surface area contributed by atoms with Crippen LogP contribution in [0.25, 0.3) is 22.3 Å². The molecule has 4 rings (SSSR count). The van der Waals surface area contributed by atoms with E-state index < -0.39 is 5.97 Å². The summed E-state index contributed by atoms with van der Waals surface area (Å²) in [4.78, 5) is 30.9. The third kappa shape index (κ3) is 3.50. The Morgan fingerprint density at radius 2 is 1.86 bits per heavy atom. The van der Waals surface area contributed by atoms with Gasteiger partial charge in [0.25, 0.3) is 5.56 Å². The summed E-state index contributed by atoms with van der Waals surface area (Å²) >= 11 is 0. The van der Waals surface area contributed by atoms with Crippen LogP contribution in [0.2, 0.25) is 0 Å². The second-order valence-corrected chi connectivity index (χ2v) is 6.00. The molecule has 7 nitrogen and oxygen atoms in total. The number of nitrogens with zero attached hydrogens (tertiary/aromatic N) is 1. The number of carbonyl (C=O) groups excluding carboxylic acids is 1. The Hall–Kier alpha value is -3.87. The molecule has 2 aromatic carbocycles. The molecule has 2 heterocycles. The predicted molar refractivity (Wildman–Crippen MR) is 102 cm³/mol. The highest BCUT2D eigenvalue weighted by Gasteiger charge is 2.11. The highest BCUT2D eigenvalue weighted by Crippen LogP contribution is 2.21. The topological polar surface area (TPSA) is 94.4 Å². The Kier molecular flexibility index (Phi) is 4.63. The van der Waals surface area contributed by atoms with E-state index in [2.05, 4.69) is 14.7 Å². The number of rotatable bonds is 5. The van der Waals surface area contributed by atoms with Crippen molar-refractivity contribution in [2.45, 2.75) is 6.61 Å². The Morgan fingerprint density at radius 1 is 1.07 bits per heavy atom. The highest BCUT2D eigenvalue weighted by atomic mass is 16.5. The molecule has 4 aromatic rings. The summed E-state index contributed by atoms with van der Waals surface area (Å²) in [6, 6.07) is 17.5. The number of carbonyl (C=O) groups is 1. The number of hydrogen-bond donors (Lipinski definition) is 1. The van der Waals surface area contributed by atoms with Gasteiger partial charge in [-0.2, -0.15) is 0 Å². The number of nitrogens with one attached hydrogen (secondary N) is 1. The van der Waals surface area contributed by atoms with Crippen molar-refractivity contribution in [1.29, 1.82) is 0 Å². The number of furan rings is 1. The molecule has 0 fully saturated rings. The number of ether oxygens (including phenoxy) is 2. The van der Waals surface area contributed by atoms with Crippen molar-refractivity contribution in [3.8, 4) is 17.1 Å². The minimum Gasteiger partial charge on any atom is -0.486 e. The third-order valence-electron chi connectivity index (χ3n) is 4.17. The SMILES string of the molecule is COC(=O)c1ccc(COc2ccc(-c3nc4ccccc4c(=O)[nH]3)cc2)o1. The molecule has 7 heteroatoms. The van der Waals surface area contributed by atoms with Crippen LogP contribution in [0.15, 0.2) is 69.9 Å². The van der Waals surface area contributed by atoms with E-state index in [9.17, 15) is 9.59 Å². The van der Waals surface area contributed by atoms with Crippen molar-refractivity contribution in [3.05, 3.63) is 82.5 Å². The average Bonchev–Trinajstić information content (AvgIpc) is 3.21. The van der Waals surface area contributed by atoms with Gasteiger partial charge in [0.2, 0.25) is 5.76 Å². The Bertz CT molecular complexity index is 1190. The first-order valence-corrected chi connectivity index (χ1v) is 8.53. The van der Waals surface area contributed by atoms with Crippen LogP contribution in [0.4, 0.5) is 0 Å². The fourth-order valence-electron chi connectivity index (χ4n) is 2.75.